The highest BCUT2D eigenvalue weighted by Crippen LogP contribution is 2.16. The maximum atomic E-state index is 11.5. The molecule has 4 heteroatoms. The second-order valence-corrected chi connectivity index (χ2v) is 4.11. The zero-order valence-corrected chi connectivity index (χ0v) is 10.9. The molecule has 0 heterocycles. The summed E-state index contributed by atoms with van der Waals surface area (Å²) >= 11 is 0. The van der Waals surface area contributed by atoms with Crippen LogP contribution in [-0.4, -0.2) is 18.7 Å². The summed E-state index contributed by atoms with van der Waals surface area (Å²) < 4.78 is 5.02. The third kappa shape index (κ3) is 4.48. The van der Waals surface area contributed by atoms with Gasteiger partial charge in [-0.3, -0.25) is 5.32 Å². The molecule has 0 bridgehead atoms. The minimum atomic E-state index is -0.461. The first-order chi connectivity index (χ1) is 8.52. The van der Waals surface area contributed by atoms with Gasteiger partial charge in [-0.05, 0) is 38.5 Å². The molecule has 96 valence electrons. The highest BCUT2D eigenvalue weighted by Gasteiger charge is 2.07. The van der Waals surface area contributed by atoms with E-state index in [4.69, 9.17) is 10.5 Å². The monoisotopic (exact) mass is 246 g/mol. The Morgan fingerprint density at radius 3 is 2.83 bits per heavy atom. The predicted octanol–water partition coefficient (Wildman–Crippen LogP) is 2.26. The molecule has 1 amide bonds. The van der Waals surface area contributed by atoms with Crippen molar-refractivity contribution >= 4 is 11.8 Å². The molecule has 0 atom stereocenters. The third-order valence-electron chi connectivity index (χ3n) is 2.15. The molecule has 0 saturated heterocycles. The molecule has 1 aromatic carbocycles. The summed E-state index contributed by atoms with van der Waals surface area (Å²) in [6.07, 6.45) is -0.609. The van der Waals surface area contributed by atoms with Crippen LogP contribution in [0.4, 0.5) is 10.5 Å². The second kappa shape index (κ2) is 6.67. The molecule has 0 aliphatic carbocycles. The SMILES string of the molecule is Cc1ccc(C#CCN)cc1NC(=O)OC(C)C. The van der Waals surface area contributed by atoms with E-state index in [2.05, 4.69) is 17.2 Å². The van der Waals surface area contributed by atoms with Gasteiger partial charge in [0.2, 0.25) is 0 Å². The Morgan fingerprint density at radius 2 is 2.22 bits per heavy atom. The van der Waals surface area contributed by atoms with Crippen molar-refractivity contribution in [1.82, 2.24) is 0 Å². The summed E-state index contributed by atoms with van der Waals surface area (Å²) in [5, 5.41) is 2.70. The van der Waals surface area contributed by atoms with Gasteiger partial charge in [0.25, 0.3) is 0 Å². The Morgan fingerprint density at radius 1 is 1.50 bits per heavy atom. The molecule has 1 aromatic rings. The van der Waals surface area contributed by atoms with Gasteiger partial charge in [0, 0.05) is 11.3 Å². The van der Waals surface area contributed by atoms with Crippen molar-refractivity contribution in [1.29, 1.82) is 0 Å². The third-order valence-corrected chi connectivity index (χ3v) is 2.15. The molecule has 0 aromatic heterocycles. The van der Waals surface area contributed by atoms with Crippen molar-refractivity contribution in [2.45, 2.75) is 26.9 Å². The Hall–Kier alpha value is -1.99. The second-order valence-electron chi connectivity index (χ2n) is 4.11. The van der Waals surface area contributed by atoms with Gasteiger partial charge in [0.1, 0.15) is 0 Å². The van der Waals surface area contributed by atoms with Crippen LogP contribution in [0.3, 0.4) is 0 Å². The number of hydrogen-bond donors (Lipinski definition) is 2. The van der Waals surface area contributed by atoms with E-state index in [1.54, 1.807) is 19.9 Å². The molecule has 3 N–H and O–H groups in total. The summed E-state index contributed by atoms with van der Waals surface area (Å²) in [6.45, 7) is 5.82. The molecule has 0 spiro atoms. The van der Waals surface area contributed by atoms with Crippen LogP contribution in [0.15, 0.2) is 18.2 Å². The van der Waals surface area contributed by atoms with Gasteiger partial charge in [-0.1, -0.05) is 17.9 Å². The molecule has 18 heavy (non-hydrogen) atoms. The zero-order chi connectivity index (χ0) is 13.5. The number of hydrogen-bond acceptors (Lipinski definition) is 3. The number of aryl methyl sites for hydroxylation is 1. The van der Waals surface area contributed by atoms with Crippen LogP contribution in [0.5, 0.6) is 0 Å². The first-order valence-electron chi connectivity index (χ1n) is 5.80. The van der Waals surface area contributed by atoms with Gasteiger partial charge in [-0.2, -0.15) is 0 Å². The fraction of sp³-hybridized carbons (Fsp3) is 0.357. The van der Waals surface area contributed by atoms with Crippen LogP contribution in [0.1, 0.15) is 25.0 Å². The number of ether oxygens (including phenoxy) is 1. The fourth-order valence-electron chi connectivity index (χ4n) is 1.34. The van der Waals surface area contributed by atoms with Gasteiger partial charge in [0.15, 0.2) is 0 Å². The fourth-order valence-corrected chi connectivity index (χ4v) is 1.34. The maximum Gasteiger partial charge on any atom is 0.411 e. The Bertz CT molecular complexity index is 484. The molecule has 4 nitrogen and oxygen atoms in total. The zero-order valence-electron chi connectivity index (χ0n) is 10.9. The number of nitrogens with two attached hydrogens (primary N) is 1. The van der Waals surface area contributed by atoms with E-state index in [1.165, 1.54) is 0 Å². The lowest BCUT2D eigenvalue weighted by molar-refractivity contribution is 0.130. The van der Waals surface area contributed by atoms with Crippen molar-refractivity contribution in [2.75, 3.05) is 11.9 Å². The van der Waals surface area contributed by atoms with Crippen molar-refractivity contribution in [2.24, 2.45) is 5.73 Å². The molecular formula is C14H18N2O2. The highest BCUT2D eigenvalue weighted by atomic mass is 16.6. The summed E-state index contributed by atoms with van der Waals surface area (Å²) in [7, 11) is 0. The first-order valence-corrected chi connectivity index (χ1v) is 5.80. The highest BCUT2D eigenvalue weighted by molar-refractivity contribution is 5.86. The van der Waals surface area contributed by atoms with E-state index < -0.39 is 6.09 Å². The van der Waals surface area contributed by atoms with Crippen LogP contribution < -0.4 is 11.1 Å². The quantitative estimate of drug-likeness (QED) is 0.787. The minimum absolute atomic E-state index is 0.148. The molecule has 0 fully saturated rings. The number of rotatable bonds is 2. The molecule has 0 aliphatic rings. The normalized spacial score (nSPS) is 9.61. The van der Waals surface area contributed by atoms with Crippen molar-refractivity contribution < 1.29 is 9.53 Å². The smallest absolute Gasteiger partial charge is 0.411 e. The van der Waals surface area contributed by atoms with Crippen molar-refractivity contribution in [3.05, 3.63) is 29.3 Å². The molecule has 0 radical (unpaired) electrons. The summed E-state index contributed by atoms with van der Waals surface area (Å²) in [4.78, 5) is 11.5. The largest absolute Gasteiger partial charge is 0.447 e. The number of nitrogens with one attached hydrogen (secondary N) is 1. The molecule has 1 rings (SSSR count). The van der Waals surface area contributed by atoms with E-state index in [0.29, 0.717) is 12.2 Å². The van der Waals surface area contributed by atoms with E-state index in [1.807, 2.05) is 19.1 Å². The Labute approximate surface area is 108 Å². The number of benzene rings is 1. The summed E-state index contributed by atoms with van der Waals surface area (Å²) in [5.74, 6) is 5.69. The maximum absolute atomic E-state index is 11.5. The van der Waals surface area contributed by atoms with Gasteiger partial charge in [-0.25, -0.2) is 4.79 Å². The predicted molar refractivity (Wildman–Crippen MR) is 72.4 cm³/mol. The minimum Gasteiger partial charge on any atom is -0.447 e. The first kappa shape index (κ1) is 14.1. The number of anilines is 1. The Kier molecular flexibility index (Phi) is 5.22. The lowest BCUT2D eigenvalue weighted by atomic mass is 10.1. The van der Waals surface area contributed by atoms with Crippen molar-refractivity contribution in [3.63, 3.8) is 0 Å². The molecule has 0 aliphatic heterocycles. The Balaban J connectivity index is 2.84. The van der Waals surface area contributed by atoms with Crippen LogP contribution in [0.2, 0.25) is 0 Å². The van der Waals surface area contributed by atoms with Gasteiger partial charge in [-0.15, -0.1) is 0 Å². The molecule has 0 unspecified atom stereocenters. The number of carbonyl (C=O) groups is 1. The van der Waals surface area contributed by atoms with Gasteiger partial charge < -0.3 is 10.5 Å². The summed E-state index contributed by atoms with van der Waals surface area (Å²) in [6, 6.07) is 5.59. The van der Waals surface area contributed by atoms with Crippen molar-refractivity contribution in [3.8, 4) is 11.8 Å². The van der Waals surface area contributed by atoms with Crippen LogP contribution in [-0.2, 0) is 4.74 Å². The van der Waals surface area contributed by atoms with Gasteiger partial charge >= 0.3 is 6.09 Å². The van der Waals surface area contributed by atoms with E-state index in [0.717, 1.165) is 11.1 Å². The van der Waals surface area contributed by atoms with Crippen LogP contribution in [0.25, 0.3) is 0 Å². The number of amides is 1. The average Bonchev–Trinajstić information content (AvgIpc) is 2.29. The van der Waals surface area contributed by atoms with Crippen LogP contribution >= 0.6 is 0 Å². The molecule has 0 saturated carbocycles. The topological polar surface area (TPSA) is 64.3 Å². The van der Waals surface area contributed by atoms with Gasteiger partial charge in [0.05, 0.1) is 12.6 Å². The van der Waals surface area contributed by atoms with Crippen LogP contribution in [0, 0.1) is 18.8 Å². The van der Waals surface area contributed by atoms with E-state index in [9.17, 15) is 4.79 Å². The lowest BCUT2D eigenvalue weighted by Gasteiger charge is -2.11. The lowest BCUT2D eigenvalue weighted by Crippen LogP contribution is -2.18. The van der Waals surface area contributed by atoms with E-state index in [-0.39, 0.29) is 6.10 Å². The standard InChI is InChI=1S/C14H18N2O2/c1-10(2)18-14(17)16-13-9-12(5-4-8-15)7-6-11(13)3/h6-7,9-10H,8,15H2,1-3H3,(H,16,17). The molecular weight excluding hydrogens is 228 g/mol. The average molecular weight is 246 g/mol. The summed E-state index contributed by atoms with van der Waals surface area (Å²) in [5.41, 5.74) is 7.78. The van der Waals surface area contributed by atoms with E-state index >= 15 is 0 Å². The number of carbonyl (C=O) groups excluding carboxylic acids is 1.